The predicted octanol–water partition coefficient (Wildman–Crippen LogP) is 5.85. The fraction of sp³-hybridized carbons (Fsp3) is 0.143. The standard InChI is InChI=1S/C28H23ClN2O5/c1-3-36-18-11-9-17(10-12-18)31-25(20-15-30-22-7-5-4-6-19(20)22)24(27(33)28(31)34)26(32)16-8-13-23(35-2)21(29)14-16/h4-15,25,30,32H,3H2,1-2H3/b26-24+. The summed E-state index contributed by atoms with van der Waals surface area (Å²) < 4.78 is 10.7. The Morgan fingerprint density at radius 3 is 2.53 bits per heavy atom. The molecule has 1 aliphatic heterocycles. The third kappa shape index (κ3) is 3.87. The molecule has 3 aromatic carbocycles. The van der Waals surface area contributed by atoms with Gasteiger partial charge in [0.2, 0.25) is 0 Å². The van der Waals surface area contributed by atoms with E-state index in [2.05, 4.69) is 4.98 Å². The molecule has 1 atom stereocenters. The summed E-state index contributed by atoms with van der Waals surface area (Å²) in [4.78, 5) is 31.4. The molecule has 1 amide bonds. The fourth-order valence-corrected chi connectivity index (χ4v) is 4.81. The highest BCUT2D eigenvalue weighted by molar-refractivity contribution is 6.52. The summed E-state index contributed by atoms with van der Waals surface area (Å²) in [6, 6.07) is 18.3. The molecule has 0 bridgehead atoms. The molecule has 2 heterocycles. The van der Waals surface area contributed by atoms with Crippen LogP contribution in [0.4, 0.5) is 5.69 Å². The van der Waals surface area contributed by atoms with E-state index < -0.39 is 17.7 Å². The minimum absolute atomic E-state index is 0.0279. The molecule has 1 aromatic heterocycles. The largest absolute Gasteiger partial charge is 0.507 e. The van der Waals surface area contributed by atoms with Crippen molar-refractivity contribution in [1.82, 2.24) is 4.98 Å². The Morgan fingerprint density at radius 2 is 1.83 bits per heavy atom. The van der Waals surface area contributed by atoms with Crippen molar-refractivity contribution in [3.8, 4) is 11.5 Å². The van der Waals surface area contributed by atoms with Gasteiger partial charge in [0.1, 0.15) is 17.3 Å². The lowest BCUT2D eigenvalue weighted by Crippen LogP contribution is -2.29. The van der Waals surface area contributed by atoms with Crippen LogP contribution in [-0.2, 0) is 9.59 Å². The Balaban J connectivity index is 1.72. The highest BCUT2D eigenvalue weighted by atomic mass is 35.5. The van der Waals surface area contributed by atoms with Gasteiger partial charge in [-0.1, -0.05) is 29.8 Å². The molecule has 8 heteroatoms. The van der Waals surface area contributed by atoms with Crippen molar-refractivity contribution in [1.29, 1.82) is 0 Å². The average molecular weight is 503 g/mol. The molecule has 0 radical (unpaired) electrons. The number of aromatic nitrogens is 1. The van der Waals surface area contributed by atoms with Crippen LogP contribution in [-0.4, -0.2) is 35.5 Å². The van der Waals surface area contributed by atoms with Gasteiger partial charge in [0.05, 0.1) is 30.4 Å². The zero-order valence-electron chi connectivity index (χ0n) is 19.6. The summed E-state index contributed by atoms with van der Waals surface area (Å²) in [6.07, 6.45) is 1.76. The molecule has 1 fully saturated rings. The zero-order valence-corrected chi connectivity index (χ0v) is 20.4. The number of nitrogens with zero attached hydrogens (tertiary/aromatic N) is 1. The number of ether oxygens (including phenoxy) is 2. The molecule has 0 spiro atoms. The second kappa shape index (κ2) is 9.43. The molecule has 0 aliphatic carbocycles. The van der Waals surface area contributed by atoms with E-state index in [-0.39, 0.29) is 16.4 Å². The van der Waals surface area contributed by atoms with Crippen molar-refractivity contribution in [3.05, 3.63) is 94.6 Å². The number of aliphatic hydroxyl groups is 1. The second-order valence-corrected chi connectivity index (χ2v) is 8.64. The van der Waals surface area contributed by atoms with Crippen molar-refractivity contribution >= 4 is 45.6 Å². The van der Waals surface area contributed by atoms with E-state index >= 15 is 0 Å². The van der Waals surface area contributed by atoms with Crippen molar-refractivity contribution < 1.29 is 24.2 Å². The summed E-state index contributed by atoms with van der Waals surface area (Å²) in [5.41, 5.74) is 2.30. The van der Waals surface area contributed by atoms with E-state index in [0.29, 0.717) is 34.9 Å². The average Bonchev–Trinajstić information content (AvgIpc) is 3.43. The van der Waals surface area contributed by atoms with E-state index in [4.69, 9.17) is 21.1 Å². The van der Waals surface area contributed by atoms with E-state index in [1.54, 1.807) is 42.6 Å². The first kappa shape index (κ1) is 23.5. The monoisotopic (exact) mass is 502 g/mol. The first-order valence-corrected chi connectivity index (χ1v) is 11.8. The van der Waals surface area contributed by atoms with Gasteiger partial charge in [-0.2, -0.15) is 0 Å². The number of Topliss-reactive ketones (excluding diaryl/α,β-unsaturated/α-hetero) is 1. The Labute approximate surface area is 212 Å². The highest BCUT2D eigenvalue weighted by Crippen LogP contribution is 2.44. The number of halogens is 1. The van der Waals surface area contributed by atoms with Crippen LogP contribution in [0.5, 0.6) is 11.5 Å². The smallest absolute Gasteiger partial charge is 0.300 e. The van der Waals surface area contributed by atoms with E-state index in [1.165, 1.54) is 18.1 Å². The van der Waals surface area contributed by atoms with Gasteiger partial charge in [-0.3, -0.25) is 14.5 Å². The number of ketones is 1. The van der Waals surface area contributed by atoms with Crippen LogP contribution in [0, 0.1) is 0 Å². The lowest BCUT2D eigenvalue weighted by atomic mass is 9.94. The maximum absolute atomic E-state index is 13.4. The van der Waals surface area contributed by atoms with E-state index in [0.717, 1.165) is 10.9 Å². The molecular formula is C28H23ClN2O5. The molecule has 1 unspecified atom stereocenters. The van der Waals surface area contributed by atoms with Crippen molar-refractivity contribution in [2.75, 3.05) is 18.6 Å². The number of aromatic amines is 1. The first-order valence-electron chi connectivity index (χ1n) is 11.4. The fourth-order valence-electron chi connectivity index (χ4n) is 4.55. The molecule has 5 rings (SSSR count). The van der Waals surface area contributed by atoms with Crippen LogP contribution in [0.3, 0.4) is 0 Å². The molecule has 36 heavy (non-hydrogen) atoms. The van der Waals surface area contributed by atoms with Gasteiger partial charge in [-0.15, -0.1) is 0 Å². The molecule has 4 aromatic rings. The number of hydrogen-bond donors (Lipinski definition) is 2. The number of methoxy groups -OCH3 is 1. The van der Waals surface area contributed by atoms with Crippen LogP contribution in [0.2, 0.25) is 5.02 Å². The molecule has 182 valence electrons. The molecule has 1 aliphatic rings. The Morgan fingerprint density at radius 1 is 1.08 bits per heavy atom. The number of anilines is 1. The topological polar surface area (TPSA) is 91.9 Å². The van der Waals surface area contributed by atoms with Crippen molar-refractivity contribution in [2.45, 2.75) is 13.0 Å². The number of hydrogen-bond acceptors (Lipinski definition) is 5. The number of carbonyl (C=O) groups is 2. The number of amides is 1. The Bertz CT molecular complexity index is 1510. The minimum Gasteiger partial charge on any atom is -0.507 e. The number of nitrogens with one attached hydrogen (secondary N) is 1. The molecule has 2 N–H and O–H groups in total. The minimum atomic E-state index is -0.875. The summed E-state index contributed by atoms with van der Waals surface area (Å²) in [5, 5.41) is 12.5. The third-order valence-corrected chi connectivity index (χ3v) is 6.51. The van der Waals surface area contributed by atoms with Gasteiger partial charge >= 0.3 is 0 Å². The van der Waals surface area contributed by atoms with Gasteiger partial charge in [0, 0.05) is 33.9 Å². The first-order chi connectivity index (χ1) is 17.4. The van der Waals surface area contributed by atoms with Crippen molar-refractivity contribution in [3.63, 3.8) is 0 Å². The SMILES string of the molecule is CCOc1ccc(N2C(=O)C(=O)/C(=C(/O)c3ccc(OC)c(Cl)c3)C2c2c[nH]c3ccccc23)cc1. The number of aliphatic hydroxyl groups excluding tert-OH is 1. The summed E-state index contributed by atoms with van der Waals surface area (Å²) >= 11 is 6.29. The predicted molar refractivity (Wildman–Crippen MR) is 139 cm³/mol. The zero-order chi connectivity index (χ0) is 25.4. The van der Waals surface area contributed by atoms with E-state index in [1.807, 2.05) is 31.2 Å². The number of benzene rings is 3. The van der Waals surface area contributed by atoms with Gasteiger partial charge in [0.25, 0.3) is 11.7 Å². The third-order valence-electron chi connectivity index (χ3n) is 6.21. The summed E-state index contributed by atoms with van der Waals surface area (Å²) in [6.45, 7) is 2.39. The van der Waals surface area contributed by atoms with E-state index in [9.17, 15) is 14.7 Å². The quantitative estimate of drug-likeness (QED) is 0.196. The lowest BCUT2D eigenvalue weighted by molar-refractivity contribution is -0.132. The highest BCUT2D eigenvalue weighted by Gasteiger charge is 2.47. The van der Waals surface area contributed by atoms with Gasteiger partial charge < -0.3 is 19.6 Å². The Hall–Kier alpha value is -4.23. The van der Waals surface area contributed by atoms with Crippen LogP contribution in [0.15, 0.2) is 78.5 Å². The number of rotatable bonds is 6. The van der Waals surface area contributed by atoms with Crippen LogP contribution in [0.25, 0.3) is 16.7 Å². The molecular weight excluding hydrogens is 480 g/mol. The van der Waals surface area contributed by atoms with Crippen molar-refractivity contribution in [2.24, 2.45) is 0 Å². The van der Waals surface area contributed by atoms with Gasteiger partial charge in [0.15, 0.2) is 0 Å². The van der Waals surface area contributed by atoms with Crippen LogP contribution >= 0.6 is 11.6 Å². The van der Waals surface area contributed by atoms with Gasteiger partial charge in [-0.25, -0.2) is 0 Å². The van der Waals surface area contributed by atoms with Crippen LogP contribution < -0.4 is 14.4 Å². The van der Waals surface area contributed by atoms with Gasteiger partial charge in [-0.05, 0) is 55.5 Å². The Kier molecular flexibility index (Phi) is 6.16. The maximum atomic E-state index is 13.4. The maximum Gasteiger partial charge on any atom is 0.300 e. The number of fused-ring (bicyclic) bond motifs is 1. The summed E-state index contributed by atoms with van der Waals surface area (Å²) in [7, 11) is 1.49. The number of H-pyrrole nitrogens is 1. The number of carbonyl (C=O) groups excluding carboxylic acids is 2. The van der Waals surface area contributed by atoms with Crippen LogP contribution in [0.1, 0.15) is 24.1 Å². The second-order valence-electron chi connectivity index (χ2n) is 8.23. The summed E-state index contributed by atoms with van der Waals surface area (Å²) in [5.74, 6) is -0.772. The number of para-hydroxylation sites is 1. The molecule has 1 saturated heterocycles. The molecule has 0 saturated carbocycles. The normalized spacial score (nSPS) is 17.1. The lowest BCUT2D eigenvalue weighted by Gasteiger charge is -2.25. The molecule has 7 nitrogen and oxygen atoms in total.